The second kappa shape index (κ2) is 6.76. The van der Waals surface area contributed by atoms with Gasteiger partial charge in [0.2, 0.25) is 0 Å². The van der Waals surface area contributed by atoms with Crippen molar-refractivity contribution >= 4 is 5.91 Å². The number of amides is 1. The van der Waals surface area contributed by atoms with Gasteiger partial charge in [0.1, 0.15) is 17.3 Å². The monoisotopic (exact) mass is 340 g/mol. The van der Waals surface area contributed by atoms with Crippen LogP contribution in [0.3, 0.4) is 0 Å². The molecule has 6 nitrogen and oxygen atoms in total. The molecular weight excluding hydrogens is 320 g/mol. The molecular formula is C19H20N2O4. The number of aromatic nitrogens is 1. The van der Waals surface area contributed by atoms with Gasteiger partial charge < -0.3 is 24.2 Å². The van der Waals surface area contributed by atoms with E-state index in [9.17, 15) is 4.79 Å². The molecule has 130 valence electrons. The highest BCUT2D eigenvalue weighted by atomic mass is 16.5. The number of benzene rings is 1. The Morgan fingerprint density at radius 1 is 1.20 bits per heavy atom. The Kier molecular flexibility index (Phi) is 4.52. The van der Waals surface area contributed by atoms with E-state index in [2.05, 4.69) is 0 Å². The zero-order chi connectivity index (χ0) is 18.0. The van der Waals surface area contributed by atoms with Crippen LogP contribution in [0, 0.1) is 6.92 Å². The first kappa shape index (κ1) is 16.7. The average molecular weight is 340 g/mol. The molecule has 0 bridgehead atoms. The molecule has 1 aromatic carbocycles. The SMILES string of the molecule is COc1ccc(OC)c(-c2cc(C(N)=O)c(C)n2Cc2ccco2)c1. The number of nitrogens with zero attached hydrogens (tertiary/aromatic N) is 1. The number of carbonyl (C=O) groups is 1. The molecule has 2 aromatic heterocycles. The lowest BCUT2D eigenvalue weighted by molar-refractivity contribution is 0.0999. The highest BCUT2D eigenvalue weighted by molar-refractivity contribution is 5.96. The topological polar surface area (TPSA) is 79.6 Å². The van der Waals surface area contributed by atoms with Crippen molar-refractivity contribution in [3.63, 3.8) is 0 Å². The van der Waals surface area contributed by atoms with Crippen molar-refractivity contribution in [3.05, 3.63) is 59.7 Å². The van der Waals surface area contributed by atoms with E-state index in [1.807, 2.05) is 41.8 Å². The molecule has 0 spiro atoms. The summed E-state index contributed by atoms with van der Waals surface area (Å²) < 4.78 is 18.3. The molecule has 0 radical (unpaired) electrons. The van der Waals surface area contributed by atoms with Crippen molar-refractivity contribution in [2.75, 3.05) is 14.2 Å². The molecule has 0 atom stereocenters. The smallest absolute Gasteiger partial charge is 0.250 e. The molecule has 0 aliphatic heterocycles. The lowest BCUT2D eigenvalue weighted by Crippen LogP contribution is -2.12. The van der Waals surface area contributed by atoms with Crippen LogP contribution in [-0.2, 0) is 6.54 Å². The molecule has 2 heterocycles. The van der Waals surface area contributed by atoms with Gasteiger partial charge >= 0.3 is 0 Å². The summed E-state index contributed by atoms with van der Waals surface area (Å²) in [4.78, 5) is 11.8. The highest BCUT2D eigenvalue weighted by Crippen LogP contribution is 2.36. The van der Waals surface area contributed by atoms with Gasteiger partial charge in [0, 0.05) is 11.3 Å². The van der Waals surface area contributed by atoms with Crippen LogP contribution in [0.2, 0.25) is 0 Å². The third-order valence-corrected chi connectivity index (χ3v) is 4.21. The number of hydrogen-bond donors (Lipinski definition) is 1. The summed E-state index contributed by atoms with van der Waals surface area (Å²) in [5, 5.41) is 0. The van der Waals surface area contributed by atoms with E-state index in [-0.39, 0.29) is 0 Å². The van der Waals surface area contributed by atoms with Crippen molar-refractivity contribution in [2.24, 2.45) is 5.73 Å². The summed E-state index contributed by atoms with van der Waals surface area (Å²) in [6.45, 7) is 2.33. The minimum absolute atomic E-state index is 0.464. The largest absolute Gasteiger partial charge is 0.497 e. The van der Waals surface area contributed by atoms with Crippen LogP contribution >= 0.6 is 0 Å². The Morgan fingerprint density at radius 3 is 2.60 bits per heavy atom. The number of methoxy groups -OCH3 is 2. The van der Waals surface area contributed by atoms with Crippen molar-refractivity contribution in [1.29, 1.82) is 0 Å². The molecule has 0 aliphatic carbocycles. The number of hydrogen-bond acceptors (Lipinski definition) is 4. The molecule has 0 saturated heterocycles. The van der Waals surface area contributed by atoms with Crippen LogP contribution in [0.15, 0.2) is 47.1 Å². The lowest BCUT2D eigenvalue weighted by Gasteiger charge is -2.14. The maximum absolute atomic E-state index is 11.8. The second-order valence-electron chi connectivity index (χ2n) is 5.62. The zero-order valence-electron chi connectivity index (χ0n) is 14.4. The molecule has 0 unspecified atom stereocenters. The number of ether oxygens (including phenoxy) is 2. The zero-order valence-corrected chi connectivity index (χ0v) is 14.4. The fourth-order valence-electron chi connectivity index (χ4n) is 2.89. The Hall–Kier alpha value is -3.15. The normalized spacial score (nSPS) is 10.7. The molecule has 2 N–H and O–H groups in total. The lowest BCUT2D eigenvalue weighted by atomic mass is 10.1. The van der Waals surface area contributed by atoms with Crippen LogP contribution in [0.5, 0.6) is 11.5 Å². The van der Waals surface area contributed by atoms with E-state index < -0.39 is 5.91 Å². The maximum atomic E-state index is 11.8. The van der Waals surface area contributed by atoms with Crippen molar-refractivity contribution in [3.8, 4) is 22.8 Å². The predicted molar refractivity (Wildman–Crippen MR) is 94.0 cm³/mol. The molecule has 6 heteroatoms. The van der Waals surface area contributed by atoms with Gasteiger partial charge in [-0.1, -0.05) is 0 Å². The number of carbonyl (C=O) groups excluding carboxylic acids is 1. The fraction of sp³-hybridized carbons (Fsp3) is 0.211. The van der Waals surface area contributed by atoms with Gasteiger partial charge in [0.15, 0.2) is 0 Å². The first-order valence-electron chi connectivity index (χ1n) is 7.80. The Labute approximate surface area is 145 Å². The number of furan rings is 1. The summed E-state index contributed by atoms with van der Waals surface area (Å²) in [6, 6.07) is 11.0. The van der Waals surface area contributed by atoms with E-state index in [0.717, 1.165) is 22.7 Å². The molecule has 3 rings (SSSR count). The fourth-order valence-corrected chi connectivity index (χ4v) is 2.89. The van der Waals surface area contributed by atoms with Crippen molar-refractivity contribution in [2.45, 2.75) is 13.5 Å². The molecule has 25 heavy (non-hydrogen) atoms. The van der Waals surface area contributed by atoms with E-state index in [1.54, 1.807) is 26.5 Å². The average Bonchev–Trinajstić information content (AvgIpc) is 3.23. The maximum Gasteiger partial charge on any atom is 0.250 e. The van der Waals surface area contributed by atoms with E-state index in [1.165, 1.54) is 0 Å². The second-order valence-corrected chi connectivity index (χ2v) is 5.62. The first-order valence-corrected chi connectivity index (χ1v) is 7.80. The molecule has 1 amide bonds. The van der Waals surface area contributed by atoms with Gasteiger partial charge in [-0.3, -0.25) is 4.79 Å². The van der Waals surface area contributed by atoms with Crippen LogP contribution in [-0.4, -0.2) is 24.7 Å². The van der Waals surface area contributed by atoms with Crippen LogP contribution in [0.4, 0.5) is 0 Å². The van der Waals surface area contributed by atoms with E-state index in [4.69, 9.17) is 19.6 Å². The number of primary amides is 1. The summed E-state index contributed by atoms with van der Waals surface area (Å²) in [6.07, 6.45) is 1.62. The van der Waals surface area contributed by atoms with Crippen molar-refractivity contribution < 1.29 is 18.7 Å². The third-order valence-electron chi connectivity index (χ3n) is 4.21. The molecule has 0 aliphatic rings. The minimum Gasteiger partial charge on any atom is -0.497 e. The molecule has 0 saturated carbocycles. The molecule has 3 aromatic rings. The molecule has 0 fully saturated rings. The quantitative estimate of drug-likeness (QED) is 0.747. The van der Waals surface area contributed by atoms with Gasteiger partial charge in [0.25, 0.3) is 5.91 Å². The Balaban J connectivity index is 2.21. The van der Waals surface area contributed by atoms with Crippen LogP contribution in [0.1, 0.15) is 21.8 Å². The minimum atomic E-state index is -0.473. The summed E-state index contributed by atoms with van der Waals surface area (Å²) >= 11 is 0. The summed E-state index contributed by atoms with van der Waals surface area (Å²) in [5.74, 6) is 1.67. The Morgan fingerprint density at radius 2 is 2.00 bits per heavy atom. The standard InChI is InChI=1S/C19H20N2O4/c1-12-15(19(20)22)10-17(21(12)11-14-5-4-8-25-14)16-9-13(23-2)6-7-18(16)24-3/h4-10H,11H2,1-3H3,(H2,20,22). The van der Waals surface area contributed by atoms with Gasteiger partial charge in [-0.25, -0.2) is 0 Å². The van der Waals surface area contributed by atoms with E-state index in [0.29, 0.717) is 23.6 Å². The van der Waals surface area contributed by atoms with Gasteiger partial charge in [-0.05, 0) is 43.3 Å². The summed E-state index contributed by atoms with van der Waals surface area (Å²) in [7, 11) is 3.21. The number of nitrogens with two attached hydrogens (primary N) is 1. The number of rotatable bonds is 6. The van der Waals surface area contributed by atoms with Gasteiger partial charge in [-0.2, -0.15) is 0 Å². The van der Waals surface area contributed by atoms with Crippen LogP contribution in [0.25, 0.3) is 11.3 Å². The first-order chi connectivity index (χ1) is 12.0. The van der Waals surface area contributed by atoms with Gasteiger partial charge in [-0.15, -0.1) is 0 Å². The summed E-state index contributed by atoms with van der Waals surface area (Å²) in [5.41, 5.74) is 8.39. The van der Waals surface area contributed by atoms with Crippen molar-refractivity contribution in [1.82, 2.24) is 4.57 Å². The van der Waals surface area contributed by atoms with Gasteiger partial charge in [0.05, 0.1) is 38.3 Å². The highest BCUT2D eigenvalue weighted by Gasteiger charge is 2.20. The van der Waals surface area contributed by atoms with E-state index >= 15 is 0 Å². The predicted octanol–water partition coefficient (Wildman–Crippen LogP) is 3.22. The van der Waals surface area contributed by atoms with Crippen LogP contribution < -0.4 is 15.2 Å². The third kappa shape index (κ3) is 3.10. The Bertz CT molecular complexity index is 895.